The minimum absolute atomic E-state index is 0.0319. The van der Waals surface area contributed by atoms with Crippen LogP contribution in [0.1, 0.15) is 32.1 Å². The molecule has 1 N–H and O–H groups in total. The summed E-state index contributed by atoms with van der Waals surface area (Å²) in [5.41, 5.74) is 0. The Morgan fingerprint density at radius 1 is 1.25 bits per heavy atom. The van der Waals surface area contributed by atoms with Gasteiger partial charge in [-0.2, -0.15) is 0 Å². The first-order chi connectivity index (χ1) is 9.63. The predicted molar refractivity (Wildman–Crippen MR) is 71.4 cm³/mol. The van der Waals surface area contributed by atoms with Crippen molar-refractivity contribution in [1.82, 2.24) is 9.80 Å². The van der Waals surface area contributed by atoms with E-state index in [4.69, 9.17) is 9.84 Å². The van der Waals surface area contributed by atoms with E-state index in [-0.39, 0.29) is 18.6 Å². The summed E-state index contributed by atoms with van der Waals surface area (Å²) in [5.74, 6) is -0.184. The second-order valence-electron chi connectivity index (χ2n) is 6.15. The van der Waals surface area contributed by atoms with Crippen molar-refractivity contribution < 1.29 is 19.4 Å². The van der Waals surface area contributed by atoms with Crippen molar-refractivity contribution in [1.29, 1.82) is 0 Å². The van der Waals surface area contributed by atoms with Crippen LogP contribution in [0.25, 0.3) is 0 Å². The topological polar surface area (TPSA) is 70.1 Å². The second-order valence-corrected chi connectivity index (χ2v) is 6.15. The Labute approximate surface area is 118 Å². The molecule has 6 heteroatoms. The second kappa shape index (κ2) is 5.60. The molecule has 1 atom stereocenters. The first-order valence-corrected chi connectivity index (χ1v) is 7.52. The SMILES string of the molecule is O=C(O)CC1CN(C(=O)N(CC2CC2)C2CC2)CCO1. The zero-order chi connectivity index (χ0) is 14.1. The van der Waals surface area contributed by atoms with Crippen molar-refractivity contribution in [2.24, 2.45) is 5.92 Å². The van der Waals surface area contributed by atoms with Crippen LogP contribution in [-0.4, -0.2) is 65.3 Å². The fourth-order valence-electron chi connectivity index (χ4n) is 2.74. The molecule has 0 aromatic carbocycles. The van der Waals surface area contributed by atoms with Crippen molar-refractivity contribution >= 4 is 12.0 Å². The van der Waals surface area contributed by atoms with E-state index < -0.39 is 5.97 Å². The van der Waals surface area contributed by atoms with E-state index in [0.717, 1.165) is 19.4 Å². The lowest BCUT2D eigenvalue weighted by molar-refractivity contribution is -0.141. The van der Waals surface area contributed by atoms with Crippen LogP contribution in [0, 0.1) is 5.92 Å². The highest BCUT2D eigenvalue weighted by atomic mass is 16.5. The molecule has 20 heavy (non-hydrogen) atoms. The largest absolute Gasteiger partial charge is 0.481 e. The van der Waals surface area contributed by atoms with E-state index in [1.165, 1.54) is 12.8 Å². The molecule has 112 valence electrons. The summed E-state index contributed by atoms with van der Waals surface area (Å²) in [6, 6.07) is 0.502. The lowest BCUT2D eigenvalue weighted by Gasteiger charge is -2.36. The third-order valence-electron chi connectivity index (χ3n) is 4.20. The zero-order valence-electron chi connectivity index (χ0n) is 11.7. The maximum Gasteiger partial charge on any atom is 0.320 e. The molecule has 0 radical (unpaired) electrons. The number of carbonyl (C=O) groups is 2. The molecule has 1 heterocycles. The Morgan fingerprint density at radius 2 is 2.00 bits per heavy atom. The Bertz CT molecular complexity index is 393. The van der Waals surface area contributed by atoms with Gasteiger partial charge in [0.2, 0.25) is 0 Å². The minimum Gasteiger partial charge on any atom is -0.481 e. The summed E-state index contributed by atoms with van der Waals surface area (Å²) >= 11 is 0. The van der Waals surface area contributed by atoms with Gasteiger partial charge in [-0.05, 0) is 31.6 Å². The number of carbonyl (C=O) groups excluding carboxylic acids is 1. The fraction of sp³-hybridized carbons (Fsp3) is 0.857. The number of carboxylic acids is 1. The van der Waals surface area contributed by atoms with Gasteiger partial charge in [-0.15, -0.1) is 0 Å². The highest BCUT2D eigenvalue weighted by Gasteiger charge is 2.39. The molecule has 1 aliphatic heterocycles. The number of nitrogens with zero attached hydrogens (tertiary/aromatic N) is 2. The number of aliphatic carboxylic acids is 1. The molecule has 3 fully saturated rings. The van der Waals surface area contributed by atoms with Gasteiger partial charge in [0.15, 0.2) is 0 Å². The number of hydrogen-bond acceptors (Lipinski definition) is 3. The fourth-order valence-corrected chi connectivity index (χ4v) is 2.74. The smallest absolute Gasteiger partial charge is 0.320 e. The highest BCUT2D eigenvalue weighted by Crippen LogP contribution is 2.35. The number of morpholine rings is 1. The Hall–Kier alpha value is -1.30. The van der Waals surface area contributed by atoms with Gasteiger partial charge in [0.25, 0.3) is 0 Å². The van der Waals surface area contributed by atoms with Crippen LogP contribution < -0.4 is 0 Å². The van der Waals surface area contributed by atoms with Gasteiger partial charge in [-0.1, -0.05) is 0 Å². The van der Waals surface area contributed by atoms with Crippen LogP contribution >= 0.6 is 0 Å². The molecule has 0 aromatic heterocycles. The van der Waals surface area contributed by atoms with E-state index in [0.29, 0.717) is 31.7 Å². The maximum absolute atomic E-state index is 12.6. The van der Waals surface area contributed by atoms with Gasteiger partial charge in [0, 0.05) is 25.7 Å². The van der Waals surface area contributed by atoms with E-state index in [1.54, 1.807) is 4.90 Å². The number of amides is 2. The monoisotopic (exact) mass is 282 g/mol. The molecular formula is C14H22N2O4. The average molecular weight is 282 g/mol. The summed E-state index contributed by atoms with van der Waals surface area (Å²) in [6.45, 7) is 2.29. The summed E-state index contributed by atoms with van der Waals surface area (Å²) in [4.78, 5) is 27.2. The van der Waals surface area contributed by atoms with Gasteiger partial charge in [0.1, 0.15) is 0 Å². The third kappa shape index (κ3) is 3.42. The maximum atomic E-state index is 12.6. The van der Waals surface area contributed by atoms with Gasteiger partial charge in [0.05, 0.1) is 19.1 Å². The van der Waals surface area contributed by atoms with Gasteiger partial charge < -0.3 is 19.6 Å². The molecule has 0 spiro atoms. The quantitative estimate of drug-likeness (QED) is 0.821. The molecule has 2 amide bonds. The minimum atomic E-state index is -0.874. The summed E-state index contributed by atoms with van der Waals surface area (Å²) in [6.07, 6.45) is 4.30. The standard InChI is InChI=1S/C14H22N2O4/c17-13(18)7-12-9-15(5-6-20-12)14(19)16(11-3-4-11)8-10-1-2-10/h10-12H,1-9H2,(H,17,18). The summed E-state index contributed by atoms with van der Waals surface area (Å²) in [5, 5.41) is 8.83. The predicted octanol–water partition coefficient (Wildman–Crippen LogP) is 1.16. The molecule has 2 aliphatic carbocycles. The molecule has 0 bridgehead atoms. The first-order valence-electron chi connectivity index (χ1n) is 7.52. The van der Waals surface area contributed by atoms with Crippen molar-refractivity contribution in [2.75, 3.05) is 26.2 Å². The number of rotatable bonds is 5. The third-order valence-corrected chi connectivity index (χ3v) is 4.20. The zero-order valence-corrected chi connectivity index (χ0v) is 11.7. The van der Waals surface area contributed by atoms with Gasteiger partial charge in [-0.25, -0.2) is 4.79 Å². The van der Waals surface area contributed by atoms with Crippen LogP contribution in [0.3, 0.4) is 0 Å². The van der Waals surface area contributed by atoms with Crippen molar-refractivity contribution in [3.63, 3.8) is 0 Å². The van der Waals surface area contributed by atoms with E-state index in [2.05, 4.69) is 0 Å². The van der Waals surface area contributed by atoms with Crippen LogP contribution in [-0.2, 0) is 9.53 Å². The van der Waals surface area contributed by atoms with E-state index >= 15 is 0 Å². The summed E-state index contributed by atoms with van der Waals surface area (Å²) < 4.78 is 5.43. The molecule has 6 nitrogen and oxygen atoms in total. The lowest BCUT2D eigenvalue weighted by atomic mass is 10.2. The van der Waals surface area contributed by atoms with E-state index in [1.807, 2.05) is 4.90 Å². The summed E-state index contributed by atoms with van der Waals surface area (Å²) in [7, 11) is 0. The van der Waals surface area contributed by atoms with Crippen LogP contribution in [0.5, 0.6) is 0 Å². The Kier molecular flexibility index (Phi) is 3.83. The Morgan fingerprint density at radius 3 is 2.60 bits per heavy atom. The normalized spacial score (nSPS) is 26.4. The number of ether oxygens (including phenoxy) is 1. The number of carboxylic acid groups (broad SMARTS) is 1. The molecule has 3 rings (SSSR count). The molecular weight excluding hydrogens is 260 g/mol. The van der Waals surface area contributed by atoms with Crippen LogP contribution in [0.15, 0.2) is 0 Å². The highest BCUT2D eigenvalue weighted by molar-refractivity contribution is 5.75. The number of hydrogen-bond donors (Lipinski definition) is 1. The molecule has 1 saturated heterocycles. The first kappa shape index (κ1) is 13.7. The van der Waals surface area contributed by atoms with Gasteiger partial charge >= 0.3 is 12.0 Å². The van der Waals surface area contributed by atoms with Gasteiger partial charge in [-0.3, -0.25) is 4.79 Å². The lowest BCUT2D eigenvalue weighted by Crippen LogP contribution is -2.52. The van der Waals surface area contributed by atoms with Crippen molar-refractivity contribution in [2.45, 2.75) is 44.2 Å². The van der Waals surface area contributed by atoms with Crippen molar-refractivity contribution in [3.05, 3.63) is 0 Å². The average Bonchev–Trinajstić information content (AvgIpc) is 3.26. The molecule has 0 aromatic rings. The molecule has 3 aliphatic rings. The van der Waals surface area contributed by atoms with E-state index in [9.17, 15) is 9.59 Å². The van der Waals surface area contributed by atoms with Crippen LogP contribution in [0.2, 0.25) is 0 Å². The molecule has 1 unspecified atom stereocenters. The number of urea groups is 1. The molecule has 2 saturated carbocycles. The van der Waals surface area contributed by atoms with Crippen molar-refractivity contribution in [3.8, 4) is 0 Å². The van der Waals surface area contributed by atoms with Crippen LogP contribution in [0.4, 0.5) is 4.79 Å². The Balaban J connectivity index is 1.57.